The van der Waals surface area contributed by atoms with E-state index < -0.39 is 0 Å². The van der Waals surface area contributed by atoms with Gasteiger partial charge in [0.25, 0.3) is 0 Å². The molecule has 0 radical (unpaired) electrons. The lowest BCUT2D eigenvalue weighted by Crippen LogP contribution is -2.22. The summed E-state index contributed by atoms with van der Waals surface area (Å²) in [6, 6.07) is 13.3. The average molecular weight is 741 g/mol. The number of hydrogen-bond donors (Lipinski definition) is 0. The molecule has 0 N–H and O–H groups in total. The summed E-state index contributed by atoms with van der Waals surface area (Å²) in [6.07, 6.45) is 12.1. The van der Waals surface area contributed by atoms with E-state index >= 15 is 0 Å². The van der Waals surface area contributed by atoms with Crippen molar-refractivity contribution in [3.05, 3.63) is 70.8 Å². The molecule has 53 heavy (non-hydrogen) atoms. The molecule has 2 aliphatic carbocycles. The van der Waals surface area contributed by atoms with E-state index in [1.807, 2.05) is 27.7 Å². The number of methoxy groups -OCH3 is 2. The molecule has 2 aliphatic rings. The molecule has 8 heteroatoms. The van der Waals surface area contributed by atoms with Crippen LogP contribution in [0.5, 0.6) is 0 Å². The van der Waals surface area contributed by atoms with Crippen molar-refractivity contribution in [3.63, 3.8) is 0 Å². The number of benzene rings is 2. The molecule has 2 saturated carbocycles. The van der Waals surface area contributed by atoms with Crippen LogP contribution in [0, 0.1) is 29.6 Å². The van der Waals surface area contributed by atoms with Crippen molar-refractivity contribution < 1.29 is 38.1 Å². The summed E-state index contributed by atoms with van der Waals surface area (Å²) >= 11 is 0. The Bertz CT molecular complexity index is 1240. The van der Waals surface area contributed by atoms with Gasteiger partial charge in [0.1, 0.15) is 6.29 Å². The Morgan fingerprint density at radius 3 is 1.32 bits per heavy atom. The highest BCUT2D eigenvalue weighted by Crippen LogP contribution is 2.30. The van der Waals surface area contributed by atoms with Crippen molar-refractivity contribution in [2.75, 3.05) is 40.6 Å². The van der Waals surface area contributed by atoms with E-state index in [4.69, 9.17) is 18.9 Å². The fourth-order valence-corrected chi connectivity index (χ4v) is 6.00. The molecule has 8 nitrogen and oxygen atoms in total. The van der Waals surface area contributed by atoms with Gasteiger partial charge in [-0.15, -0.1) is 0 Å². The lowest BCUT2D eigenvalue weighted by atomic mass is 9.83. The fourth-order valence-electron chi connectivity index (χ4n) is 6.00. The van der Waals surface area contributed by atoms with E-state index in [0.29, 0.717) is 59.1 Å². The summed E-state index contributed by atoms with van der Waals surface area (Å²) in [5.41, 5.74) is 2.07. The molecule has 2 fully saturated rings. The van der Waals surface area contributed by atoms with Crippen LogP contribution >= 0.6 is 0 Å². The Balaban J connectivity index is 0.000000858. The number of carbonyl (C=O) groups is 4. The molecule has 0 heterocycles. The third-order valence-electron chi connectivity index (χ3n) is 8.83. The third-order valence-corrected chi connectivity index (χ3v) is 8.83. The van der Waals surface area contributed by atoms with Crippen molar-refractivity contribution in [2.45, 2.75) is 120 Å². The Kier molecular flexibility index (Phi) is 29.1. The van der Waals surface area contributed by atoms with Gasteiger partial charge in [-0.3, -0.25) is 9.59 Å². The average Bonchev–Trinajstić information content (AvgIpc) is 3.18. The van der Waals surface area contributed by atoms with Gasteiger partial charge in [0.15, 0.2) is 5.78 Å². The van der Waals surface area contributed by atoms with E-state index in [-0.39, 0.29) is 23.6 Å². The SMILES string of the molecule is CC.CCC.CCC.COCC1CCC(COC(=O)c2ccc(C(=O)C(C)C)cc2)CC1.COCC1CCC(COC(=O)c2cccc(C=O)c2)CC1. The highest BCUT2D eigenvalue weighted by atomic mass is 16.5. The van der Waals surface area contributed by atoms with Gasteiger partial charge in [0.2, 0.25) is 0 Å². The smallest absolute Gasteiger partial charge is 0.338 e. The van der Waals surface area contributed by atoms with Crippen LogP contribution in [0.2, 0.25) is 0 Å². The van der Waals surface area contributed by atoms with Crippen molar-refractivity contribution in [1.82, 2.24) is 0 Å². The van der Waals surface area contributed by atoms with Crippen molar-refractivity contribution in [1.29, 1.82) is 0 Å². The second-order valence-corrected chi connectivity index (χ2v) is 14.1. The summed E-state index contributed by atoms with van der Waals surface area (Å²) in [5.74, 6) is 1.56. The van der Waals surface area contributed by atoms with Crippen molar-refractivity contribution in [2.24, 2.45) is 29.6 Å². The standard InChI is InChI=1S/C20H28O4.C17H22O4.2C3H8.C2H6/c1-14(2)19(21)17-8-10-18(11-9-17)20(22)24-13-16-6-4-15(5-7-16)12-23-3;1-20-11-13-5-7-14(8-6-13)12-21-17(19)16-4-2-3-15(9-16)10-18;2*1-3-2;1-2/h8-11,14-16H,4-7,12-13H2,1-3H3;2-4,9-10,13-14H,5-8,11-12H2,1H3;2*3H2,1-2H3;1-2H3. The first kappa shape index (κ1) is 49.6. The Hall–Kier alpha value is -3.36. The minimum absolute atomic E-state index is 0.0453. The molecule has 2 aromatic rings. The van der Waals surface area contributed by atoms with Crippen LogP contribution in [0.25, 0.3) is 0 Å². The van der Waals surface area contributed by atoms with Crippen LogP contribution in [-0.4, -0.2) is 64.7 Å². The third kappa shape index (κ3) is 21.2. The van der Waals surface area contributed by atoms with Crippen molar-refractivity contribution in [3.8, 4) is 0 Å². The second kappa shape index (κ2) is 31.0. The number of hydrogen-bond acceptors (Lipinski definition) is 8. The zero-order chi connectivity index (χ0) is 40.0. The first-order valence-electron chi connectivity index (χ1n) is 20.1. The largest absolute Gasteiger partial charge is 0.462 e. The summed E-state index contributed by atoms with van der Waals surface area (Å²) in [6.45, 7) is 18.8. The van der Waals surface area contributed by atoms with Crippen LogP contribution in [0.3, 0.4) is 0 Å². The molecule has 2 aromatic carbocycles. The maximum atomic E-state index is 12.1. The van der Waals surface area contributed by atoms with Crippen LogP contribution in [0.1, 0.15) is 161 Å². The second-order valence-electron chi connectivity index (χ2n) is 14.1. The monoisotopic (exact) mass is 741 g/mol. The number of ether oxygens (including phenoxy) is 4. The molecule has 0 amide bonds. The number of ketones is 1. The lowest BCUT2D eigenvalue weighted by Gasteiger charge is -2.27. The zero-order valence-corrected chi connectivity index (χ0v) is 34.7. The Morgan fingerprint density at radius 2 is 0.962 bits per heavy atom. The van der Waals surface area contributed by atoms with Crippen LogP contribution in [0.15, 0.2) is 48.5 Å². The van der Waals surface area contributed by atoms with Gasteiger partial charge < -0.3 is 18.9 Å². The quantitative estimate of drug-likeness (QED) is 0.114. The molecule has 4 rings (SSSR count). The van der Waals surface area contributed by atoms with E-state index in [0.717, 1.165) is 70.9 Å². The molecule has 0 saturated heterocycles. The van der Waals surface area contributed by atoms with E-state index in [1.54, 1.807) is 62.8 Å². The summed E-state index contributed by atoms with van der Waals surface area (Å²) < 4.78 is 21.2. The van der Waals surface area contributed by atoms with Gasteiger partial charge in [0.05, 0.1) is 24.3 Å². The zero-order valence-electron chi connectivity index (χ0n) is 34.7. The molecule has 0 spiro atoms. The predicted octanol–water partition coefficient (Wildman–Crippen LogP) is 11.1. The van der Waals surface area contributed by atoms with Gasteiger partial charge in [-0.2, -0.15) is 0 Å². The Labute approximate surface area is 322 Å². The van der Waals surface area contributed by atoms with Crippen LogP contribution < -0.4 is 0 Å². The normalized spacial score (nSPS) is 18.8. The van der Waals surface area contributed by atoms with Gasteiger partial charge in [0, 0.05) is 44.5 Å². The Morgan fingerprint density at radius 1 is 0.604 bits per heavy atom. The van der Waals surface area contributed by atoms with E-state index in [2.05, 4.69) is 27.7 Å². The predicted molar refractivity (Wildman–Crippen MR) is 216 cm³/mol. The summed E-state index contributed by atoms with van der Waals surface area (Å²) in [7, 11) is 3.48. The minimum Gasteiger partial charge on any atom is -0.462 e. The molecule has 0 aromatic heterocycles. The number of aldehydes is 1. The lowest BCUT2D eigenvalue weighted by molar-refractivity contribution is 0.0361. The highest BCUT2D eigenvalue weighted by Gasteiger charge is 2.24. The number of rotatable bonds is 13. The minimum atomic E-state index is -0.349. The van der Waals surface area contributed by atoms with Gasteiger partial charge >= 0.3 is 11.9 Å². The molecular weight excluding hydrogens is 668 g/mol. The molecular formula is C45H72O8. The summed E-state index contributed by atoms with van der Waals surface area (Å²) in [5, 5.41) is 0. The van der Waals surface area contributed by atoms with Gasteiger partial charge in [-0.05, 0) is 99.3 Å². The molecule has 0 aliphatic heterocycles. The van der Waals surface area contributed by atoms with Crippen LogP contribution in [-0.2, 0) is 18.9 Å². The number of esters is 2. The molecule has 300 valence electrons. The first-order valence-corrected chi connectivity index (χ1v) is 20.1. The van der Waals surface area contributed by atoms with Crippen molar-refractivity contribution >= 4 is 24.0 Å². The first-order chi connectivity index (χ1) is 25.6. The van der Waals surface area contributed by atoms with Crippen LogP contribution in [0.4, 0.5) is 0 Å². The maximum absolute atomic E-state index is 12.1. The fraction of sp³-hybridized carbons (Fsp3) is 0.644. The highest BCUT2D eigenvalue weighted by molar-refractivity contribution is 5.98. The number of Topliss-reactive ketones (excluding diaryl/α,β-unsaturated/α-hetero) is 1. The van der Waals surface area contributed by atoms with E-state index in [1.165, 1.54) is 12.8 Å². The summed E-state index contributed by atoms with van der Waals surface area (Å²) in [4.78, 5) is 46.7. The van der Waals surface area contributed by atoms with Gasteiger partial charge in [-0.25, -0.2) is 9.59 Å². The molecule has 0 bridgehead atoms. The maximum Gasteiger partial charge on any atom is 0.338 e. The van der Waals surface area contributed by atoms with Gasteiger partial charge in [-0.1, -0.05) is 92.5 Å². The molecule has 0 unspecified atom stereocenters. The number of carbonyl (C=O) groups excluding carboxylic acids is 4. The van der Waals surface area contributed by atoms with E-state index in [9.17, 15) is 19.2 Å². The topological polar surface area (TPSA) is 105 Å². The molecule has 0 atom stereocenters.